The smallest absolute Gasteiger partial charge is 0.306 e. The third-order valence-corrected chi connectivity index (χ3v) is 15.3. The van der Waals surface area contributed by atoms with Crippen molar-refractivity contribution in [3.8, 4) is 0 Å². The molecule has 0 fully saturated rings. The van der Waals surface area contributed by atoms with Crippen molar-refractivity contribution < 1.29 is 28.6 Å². The second-order valence-electron chi connectivity index (χ2n) is 23.4. The number of rotatable bonds is 64. The van der Waals surface area contributed by atoms with Crippen LogP contribution in [0.3, 0.4) is 0 Å². The van der Waals surface area contributed by atoms with E-state index in [1.807, 2.05) is 0 Å². The van der Waals surface area contributed by atoms with E-state index in [9.17, 15) is 14.4 Å². The lowest BCUT2D eigenvalue weighted by Gasteiger charge is -2.18. The van der Waals surface area contributed by atoms with E-state index in [0.29, 0.717) is 19.3 Å². The molecule has 0 saturated heterocycles. The van der Waals surface area contributed by atoms with Crippen LogP contribution in [0.2, 0.25) is 0 Å². The first-order valence-corrected chi connectivity index (χ1v) is 35.2. The molecule has 0 spiro atoms. The molecule has 6 heteroatoms. The predicted molar refractivity (Wildman–Crippen MR) is 357 cm³/mol. The molecule has 472 valence electrons. The average molecular weight is 1140 g/mol. The first kappa shape index (κ1) is 78.3. The first-order chi connectivity index (χ1) is 40.5. The van der Waals surface area contributed by atoms with E-state index in [2.05, 4.69) is 118 Å². The van der Waals surface area contributed by atoms with Crippen molar-refractivity contribution in [3.05, 3.63) is 97.2 Å². The van der Waals surface area contributed by atoms with Gasteiger partial charge in [0, 0.05) is 19.3 Å². The summed E-state index contributed by atoms with van der Waals surface area (Å²) in [6, 6.07) is 0. The second-order valence-corrected chi connectivity index (χ2v) is 23.4. The largest absolute Gasteiger partial charge is 0.462 e. The van der Waals surface area contributed by atoms with Crippen LogP contribution >= 0.6 is 0 Å². The first-order valence-electron chi connectivity index (χ1n) is 35.2. The maximum Gasteiger partial charge on any atom is 0.306 e. The maximum absolute atomic E-state index is 12.9. The molecule has 0 aromatic rings. The number of carbonyl (C=O) groups is 3. The number of carbonyl (C=O) groups excluding carboxylic acids is 3. The number of hydrogen-bond donors (Lipinski definition) is 0. The maximum atomic E-state index is 12.9. The Bertz CT molecular complexity index is 1590. The van der Waals surface area contributed by atoms with Gasteiger partial charge in [0.25, 0.3) is 0 Å². The third-order valence-electron chi connectivity index (χ3n) is 15.3. The molecule has 1 unspecified atom stereocenters. The summed E-state index contributed by atoms with van der Waals surface area (Å²) in [5.74, 6) is -0.874. The lowest BCUT2D eigenvalue weighted by atomic mass is 10.0. The van der Waals surface area contributed by atoms with Crippen molar-refractivity contribution in [3.63, 3.8) is 0 Å². The summed E-state index contributed by atoms with van der Waals surface area (Å²) < 4.78 is 16.9. The predicted octanol–water partition coefficient (Wildman–Crippen LogP) is 24.4. The molecule has 0 N–H and O–H groups in total. The standard InChI is InChI=1S/C76H132O6/c1-4-7-10-13-16-19-22-25-27-29-30-31-32-33-34-35-36-37-38-39-40-41-42-43-44-45-46-47-49-51-54-57-60-63-66-69-75(78)81-72-73(71-80-74(77)68-65-62-59-56-53-50-24-21-18-15-12-9-6-3)82-76(79)70-67-64-61-58-55-52-48-28-26-23-20-17-14-11-8-5-2/h7,10,16,19-20,23,25,27-28,30-31,33-34,36-37,48,73H,4-6,8-9,11-15,17-18,21-22,24,26,29,32,35,38-47,49-72H2,1-3H3/b10-7-,19-16-,23-20-,27-25-,31-30-,34-33-,37-36-,48-28-. The zero-order chi connectivity index (χ0) is 59.2. The summed E-state index contributed by atoms with van der Waals surface area (Å²) in [4.78, 5) is 38.3. The van der Waals surface area contributed by atoms with Crippen LogP contribution in [-0.4, -0.2) is 37.2 Å². The molecule has 0 bridgehead atoms. The highest BCUT2D eigenvalue weighted by Gasteiger charge is 2.19. The van der Waals surface area contributed by atoms with Gasteiger partial charge in [-0.3, -0.25) is 14.4 Å². The molecule has 0 aromatic heterocycles. The van der Waals surface area contributed by atoms with Gasteiger partial charge in [-0.1, -0.05) is 323 Å². The van der Waals surface area contributed by atoms with Crippen molar-refractivity contribution in [2.45, 2.75) is 354 Å². The summed E-state index contributed by atoms with van der Waals surface area (Å²) in [6.07, 6.45) is 94.4. The lowest BCUT2D eigenvalue weighted by molar-refractivity contribution is -0.167. The molecule has 0 radical (unpaired) electrons. The van der Waals surface area contributed by atoms with E-state index in [0.717, 1.165) is 122 Å². The van der Waals surface area contributed by atoms with Gasteiger partial charge in [0.15, 0.2) is 6.10 Å². The fourth-order valence-corrected chi connectivity index (χ4v) is 10.1. The molecule has 82 heavy (non-hydrogen) atoms. The van der Waals surface area contributed by atoms with E-state index in [-0.39, 0.29) is 31.1 Å². The molecule has 0 aromatic carbocycles. The molecule has 0 rings (SSSR count). The zero-order valence-electron chi connectivity index (χ0n) is 54.2. The zero-order valence-corrected chi connectivity index (χ0v) is 54.2. The van der Waals surface area contributed by atoms with Crippen LogP contribution < -0.4 is 0 Å². The molecule has 0 amide bonds. The number of esters is 3. The molecule has 0 aliphatic carbocycles. The Labute approximate surface area is 508 Å². The van der Waals surface area contributed by atoms with Crippen molar-refractivity contribution in [1.82, 2.24) is 0 Å². The minimum atomic E-state index is -0.782. The number of ether oxygens (including phenoxy) is 3. The van der Waals surface area contributed by atoms with Crippen LogP contribution in [0.5, 0.6) is 0 Å². The minimum Gasteiger partial charge on any atom is -0.462 e. The Hall–Kier alpha value is -3.67. The highest BCUT2D eigenvalue weighted by Crippen LogP contribution is 2.17. The molecule has 0 heterocycles. The minimum absolute atomic E-state index is 0.0775. The number of hydrogen-bond acceptors (Lipinski definition) is 6. The Kier molecular flexibility index (Phi) is 66.7. The molecular weight excluding hydrogens is 1010 g/mol. The van der Waals surface area contributed by atoms with Crippen molar-refractivity contribution in [2.24, 2.45) is 0 Å². The molecule has 0 saturated carbocycles. The molecule has 1 atom stereocenters. The van der Waals surface area contributed by atoms with Crippen LogP contribution in [-0.2, 0) is 28.6 Å². The van der Waals surface area contributed by atoms with Crippen molar-refractivity contribution in [2.75, 3.05) is 13.2 Å². The second kappa shape index (κ2) is 69.8. The van der Waals surface area contributed by atoms with Crippen LogP contribution in [0, 0.1) is 0 Å². The van der Waals surface area contributed by atoms with Crippen LogP contribution in [0.25, 0.3) is 0 Å². The van der Waals surface area contributed by atoms with Gasteiger partial charge < -0.3 is 14.2 Å². The Balaban J connectivity index is 4.15. The molecule has 0 aliphatic heterocycles. The summed E-state index contributed by atoms with van der Waals surface area (Å²) in [6.45, 7) is 6.53. The van der Waals surface area contributed by atoms with E-state index >= 15 is 0 Å². The van der Waals surface area contributed by atoms with Crippen LogP contribution in [0.1, 0.15) is 348 Å². The van der Waals surface area contributed by atoms with E-state index in [1.165, 1.54) is 186 Å². The average Bonchev–Trinajstić information content (AvgIpc) is 3.47. The highest BCUT2D eigenvalue weighted by molar-refractivity contribution is 5.71. The fourth-order valence-electron chi connectivity index (χ4n) is 10.1. The number of allylic oxidation sites excluding steroid dienone is 16. The van der Waals surface area contributed by atoms with E-state index in [1.54, 1.807) is 0 Å². The fraction of sp³-hybridized carbons (Fsp3) is 0.750. The van der Waals surface area contributed by atoms with Gasteiger partial charge in [-0.05, 0) is 103 Å². The van der Waals surface area contributed by atoms with Gasteiger partial charge in [-0.2, -0.15) is 0 Å². The monoisotopic (exact) mass is 1140 g/mol. The van der Waals surface area contributed by atoms with Gasteiger partial charge in [-0.15, -0.1) is 0 Å². The SMILES string of the molecule is CC/C=C\C/C=C\C/C=C\C/C=C\C/C=C\C/C=C\CCCCCCCCCCCCCCCCCCC(=O)OCC(COC(=O)CCCCCCCCCCCCCCC)OC(=O)CCCCCCC/C=C\C/C=C\CCCCCC. The normalized spacial score (nSPS) is 12.7. The van der Waals surface area contributed by atoms with Gasteiger partial charge in [0.1, 0.15) is 13.2 Å². The molecule has 6 nitrogen and oxygen atoms in total. The van der Waals surface area contributed by atoms with Crippen LogP contribution in [0.15, 0.2) is 97.2 Å². The molecule has 0 aliphatic rings. The Morgan fingerprint density at radius 3 is 0.756 bits per heavy atom. The molecular formula is C76H132O6. The quantitative estimate of drug-likeness (QED) is 0.0261. The van der Waals surface area contributed by atoms with E-state index in [4.69, 9.17) is 14.2 Å². The van der Waals surface area contributed by atoms with E-state index < -0.39 is 6.10 Å². The van der Waals surface area contributed by atoms with Gasteiger partial charge >= 0.3 is 17.9 Å². The highest BCUT2D eigenvalue weighted by atomic mass is 16.6. The van der Waals surface area contributed by atoms with Gasteiger partial charge in [0.2, 0.25) is 0 Å². The Morgan fingerprint density at radius 1 is 0.256 bits per heavy atom. The van der Waals surface area contributed by atoms with Crippen molar-refractivity contribution in [1.29, 1.82) is 0 Å². The van der Waals surface area contributed by atoms with Crippen LogP contribution in [0.4, 0.5) is 0 Å². The van der Waals surface area contributed by atoms with Gasteiger partial charge in [-0.25, -0.2) is 0 Å². The summed E-state index contributed by atoms with van der Waals surface area (Å²) >= 11 is 0. The Morgan fingerprint density at radius 2 is 0.476 bits per heavy atom. The lowest BCUT2D eigenvalue weighted by Crippen LogP contribution is -2.30. The van der Waals surface area contributed by atoms with Gasteiger partial charge in [0.05, 0.1) is 0 Å². The summed E-state index contributed by atoms with van der Waals surface area (Å²) in [5.41, 5.74) is 0. The topological polar surface area (TPSA) is 78.9 Å². The summed E-state index contributed by atoms with van der Waals surface area (Å²) in [5, 5.41) is 0. The number of unbranched alkanes of at least 4 members (excludes halogenated alkanes) is 37. The van der Waals surface area contributed by atoms with Crippen molar-refractivity contribution >= 4 is 17.9 Å². The third kappa shape index (κ3) is 67.1. The summed E-state index contributed by atoms with van der Waals surface area (Å²) in [7, 11) is 0.